The summed E-state index contributed by atoms with van der Waals surface area (Å²) in [5.74, 6) is -2.53. The molecule has 1 aliphatic heterocycles. The molecule has 4 atom stereocenters. The average Bonchev–Trinajstić information content (AvgIpc) is 3.19. The lowest BCUT2D eigenvalue weighted by atomic mass is 9.83. The lowest BCUT2D eigenvalue weighted by Gasteiger charge is -2.35. The topological polar surface area (TPSA) is 122 Å². The van der Waals surface area contributed by atoms with Gasteiger partial charge >= 0.3 is 0 Å². The van der Waals surface area contributed by atoms with Crippen molar-refractivity contribution >= 4 is 23.5 Å². The zero-order valence-corrected chi connectivity index (χ0v) is 21.6. The molecule has 8 heteroatoms. The summed E-state index contributed by atoms with van der Waals surface area (Å²) >= 11 is 0. The Labute approximate surface area is 204 Å². The predicted octanol–water partition coefficient (Wildman–Crippen LogP) is 2.10. The minimum absolute atomic E-state index is 0.0712. The van der Waals surface area contributed by atoms with Crippen LogP contribution < -0.4 is 16.4 Å². The van der Waals surface area contributed by atoms with Gasteiger partial charge in [0.2, 0.25) is 17.6 Å². The minimum Gasteiger partial charge on any atom is -0.346 e. The number of Topliss-reactive ketones (excluding diaryl/α,β-unsaturated/α-hetero) is 1. The number of ketones is 1. The number of amides is 3. The minimum atomic E-state index is -0.994. The summed E-state index contributed by atoms with van der Waals surface area (Å²) in [5, 5.41) is 5.22. The van der Waals surface area contributed by atoms with Crippen molar-refractivity contribution in [2.75, 3.05) is 13.1 Å². The average molecular weight is 475 g/mol. The maximum atomic E-state index is 13.6. The normalized spacial score (nSPS) is 19.7. The second-order valence-corrected chi connectivity index (χ2v) is 10.2. The molecular formula is C26H42N4O4. The van der Waals surface area contributed by atoms with Crippen molar-refractivity contribution in [3.8, 4) is 0 Å². The number of hydrogen-bond acceptors (Lipinski definition) is 5. The first-order valence-electron chi connectivity index (χ1n) is 12.0. The van der Waals surface area contributed by atoms with E-state index in [1.165, 1.54) is 11.0 Å². The van der Waals surface area contributed by atoms with Crippen molar-refractivity contribution in [3.63, 3.8) is 0 Å². The van der Waals surface area contributed by atoms with E-state index >= 15 is 0 Å². The molecular weight excluding hydrogens is 432 g/mol. The summed E-state index contributed by atoms with van der Waals surface area (Å²) < 4.78 is 0. The summed E-state index contributed by atoms with van der Waals surface area (Å²) in [4.78, 5) is 53.4. The number of rotatable bonds is 11. The molecule has 4 N–H and O–H groups in total. The van der Waals surface area contributed by atoms with Gasteiger partial charge in [-0.15, -0.1) is 12.3 Å². The Morgan fingerprint density at radius 3 is 2.32 bits per heavy atom. The van der Waals surface area contributed by atoms with Gasteiger partial charge in [-0.05, 0) is 29.7 Å². The van der Waals surface area contributed by atoms with E-state index in [-0.39, 0.29) is 24.3 Å². The van der Waals surface area contributed by atoms with Crippen LogP contribution in [-0.4, -0.2) is 59.6 Å². The van der Waals surface area contributed by atoms with Crippen LogP contribution in [0.5, 0.6) is 0 Å². The molecule has 3 amide bonds. The van der Waals surface area contributed by atoms with Gasteiger partial charge in [-0.25, -0.2) is 0 Å². The molecule has 1 heterocycles. The highest BCUT2D eigenvalue weighted by Crippen LogP contribution is 2.35. The summed E-state index contributed by atoms with van der Waals surface area (Å²) in [6.45, 7) is 19.3. The van der Waals surface area contributed by atoms with Crippen LogP contribution >= 0.6 is 0 Å². The number of nitrogens with two attached hydrogens (primary N) is 1. The van der Waals surface area contributed by atoms with E-state index in [0.29, 0.717) is 25.8 Å². The van der Waals surface area contributed by atoms with Crippen molar-refractivity contribution in [2.24, 2.45) is 23.0 Å². The Morgan fingerprint density at radius 2 is 1.85 bits per heavy atom. The van der Waals surface area contributed by atoms with Gasteiger partial charge in [-0.2, -0.15) is 0 Å². The Morgan fingerprint density at radius 1 is 1.24 bits per heavy atom. The van der Waals surface area contributed by atoms with Crippen LogP contribution in [-0.2, 0) is 19.2 Å². The summed E-state index contributed by atoms with van der Waals surface area (Å²) in [7, 11) is 0. The Balaban J connectivity index is 3.32. The third-order valence-electron chi connectivity index (χ3n) is 6.22. The number of hydrogen-bond donors (Lipinski definition) is 3. The Kier molecular flexibility index (Phi) is 10.9. The number of carbonyl (C=O) groups excluding carboxylic acids is 4. The molecule has 1 saturated heterocycles. The van der Waals surface area contributed by atoms with Gasteiger partial charge < -0.3 is 21.3 Å². The van der Waals surface area contributed by atoms with E-state index in [4.69, 9.17) is 5.73 Å². The standard InChI is InChI=1S/C26H42N4O4/c1-9-12-19(21(31)24(33)28-14-10-2)29-23(32)20-18(17(11-3)16(4)5)13-15-30(20)25(34)22(27)26(6,7)8/h10,16,18-20,22H,2-3,9,12-15,27H2,1,4-8H3,(H,28,33)(H,29,32)/t18-,19?,20+,22-/m1/s1. The highest BCUT2D eigenvalue weighted by atomic mass is 16.2. The molecule has 0 aromatic heterocycles. The maximum absolute atomic E-state index is 13.6. The second-order valence-electron chi connectivity index (χ2n) is 10.2. The fraction of sp³-hybridized carbons (Fsp3) is 0.654. The van der Waals surface area contributed by atoms with Gasteiger partial charge in [0.25, 0.3) is 5.91 Å². The molecule has 190 valence electrons. The fourth-order valence-corrected chi connectivity index (χ4v) is 4.23. The molecule has 0 bridgehead atoms. The monoisotopic (exact) mass is 474 g/mol. The molecule has 0 saturated carbocycles. The van der Waals surface area contributed by atoms with Crippen molar-refractivity contribution in [3.05, 3.63) is 30.5 Å². The van der Waals surface area contributed by atoms with E-state index in [9.17, 15) is 19.2 Å². The van der Waals surface area contributed by atoms with E-state index < -0.39 is 41.1 Å². The number of likely N-dealkylation sites (tertiary alicyclic amines) is 1. The number of carbonyl (C=O) groups is 4. The lowest BCUT2D eigenvalue weighted by Crippen LogP contribution is -2.58. The highest BCUT2D eigenvalue weighted by molar-refractivity contribution is 6.38. The summed E-state index contributed by atoms with van der Waals surface area (Å²) in [6.07, 6.45) is 2.91. The van der Waals surface area contributed by atoms with Crippen LogP contribution in [0.15, 0.2) is 30.5 Å². The first kappa shape index (κ1) is 29.3. The van der Waals surface area contributed by atoms with E-state index in [0.717, 1.165) is 5.57 Å². The Bertz CT molecular complexity index is 836. The van der Waals surface area contributed by atoms with Gasteiger partial charge in [-0.1, -0.05) is 60.6 Å². The van der Waals surface area contributed by atoms with Crippen LogP contribution in [0.3, 0.4) is 0 Å². The molecule has 0 aromatic carbocycles. The van der Waals surface area contributed by atoms with Crippen LogP contribution in [0.25, 0.3) is 0 Å². The molecule has 0 radical (unpaired) electrons. The smallest absolute Gasteiger partial charge is 0.289 e. The summed E-state index contributed by atoms with van der Waals surface area (Å²) in [5.41, 5.74) is 9.59. The van der Waals surface area contributed by atoms with Crippen LogP contribution in [0.2, 0.25) is 0 Å². The third-order valence-corrected chi connectivity index (χ3v) is 6.22. The largest absolute Gasteiger partial charge is 0.346 e. The lowest BCUT2D eigenvalue weighted by molar-refractivity contribution is -0.144. The second kappa shape index (κ2) is 12.7. The number of nitrogens with one attached hydrogen (secondary N) is 2. The fourth-order valence-electron chi connectivity index (χ4n) is 4.23. The van der Waals surface area contributed by atoms with Crippen molar-refractivity contribution in [1.82, 2.24) is 15.5 Å². The molecule has 1 fully saturated rings. The van der Waals surface area contributed by atoms with Crippen LogP contribution in [0, 0.1) is 17.3 Å². The third kappa shape index (κ3) is 7.15. The molecule has 1 rings (SSSR count). The van der Waals surface area contributed by atoms with Crippen LogP contribution in [0.4, 0.5) is 0 Å². The van der Waals surface area contributed by atoms with Gasteiger partial charge in [0.15, 0.2) is 0 Å². The molecule has 8 nitrogen and oxygen atoms in total. The first-order valence-corrected chi connectivity index (χ1v) is 12.0. The molecule has 1 aliphatic rings. The molecule has 0 spiro atoms. The van der Waals surface area contributed by atoms with Crippen molar-refractivity contribution in [2.45, 2.75) is 78.9 Å². The first-order chi connectivity index (χ1) is 15.8. The molecule has 0 aliphatic carbocycles. The van der Waals surface area contributed by atoms with Gasteiger partial charge in [0.1, 0.15) is 6.04 Å². The molecule has 34 heavy (non-hydrogen) atoms. The van der Waals surface area contributed by atoms with E-state index in [1.54, 1.807) is 0 Å². The van der Waals surface area contributed by atoms with Crippen molar-refractivity contribution < 1.29 is 19.2 Å². The molecule has 0 aromatic rings. The van der Waals surface area contributed by atoms with Gasteiger partial charge in [-0.3, -0.25) is 19.2 Å². The zero-order chi connectivity index (χ0) is 26.2. The van der Waals surface area contributed by atoms with Gasteiger partial charge in [0, 0.05) is 19.0 Å². The van der Waals surface area contributed by atoms with Crippen molar-refractivity contribution in [1.29, 1.82) is 0 Å². The molecule has 1 unspecified atom stereocenters. The highest BCUT2D eigenvalue weighted by Gasteiger charge is 2.47. The number of nitrogens with zero attached hydrogens (tertiary/aromatic N) is 1. The van der Waals surface area contributed by atoms with E-state index in [1.807, 2.05) is 41.5 Å². The maximum Gasteiger partial charge on any atom is 0.289 e. The van der Waals surface area contributed by atoms with Crippen LogP contribution in [0.1, 0.15) is 60.8 Å². The van der Waals surface area contributed by atoms with E-state index in [2.05, 4.69) is 29.5 Å². The SMILES string of the molecule is C=C=C(C(C)C)[C@H]1CCN(C(=O)[C@@H](N)C(C)(C)C)[C@@H]1C(=O)NC(CCC)C(=O)C(=O)NCC=C. The predicted molar refractivity (Wildman–Crippen MR) is 134 cm³/mol. The quantitative estimate of drug-likeness (QED) is 0.241. The van der Waals surface area contributed by atoms with Gasteiger partial charge in [0.05, 0.1) is 12.1 Å². The Hall–Kier alpha value is -2.70. The summed E-state index contributed by atoms with van der Waals surface area (Å²) in [6, 6.07) is -2.66. The zero-order valence-electron chi connectivity index (χ0n) is 21.6.